The lowest BCUT2D eigenvalue weighted by Crippen LogP contribution is -1.93. The van der Waals surface area contributed by atoms with Crippen LogP contribution < -0.4 is 0 Å². The number of aromatic nitrogens is 4. The smallest absolute Gasteiger partial charge is 0.0899 e. The molecule has 0 fully saturated rings. The van der Waals surface area contributed by atoms with Crippen LogP contribution in [0.4, 0.5) is 0 Å². The summed E-state index contributed by atoms with van der Waals surface area (Å²) < 4.78 is 2.34. The van der Waals surface area contributed by atoms with Crippen LogP contribution in [0, 0.1) is 0 Å². The quantitative estimate of drug-likeness (QED) is 0.184. The number of nitrogens with zero attached hydrogens (tertiary/aromatic N) is 4. The Morgan fingerprint density at radius 3 is 1.73 bits per heavy atom. The summed E-state index contributed by atoms with van der Waals surface area (Å²) in [5.41, 5.74) is 13.7. The Kier molecular flexibility index (Phi) is 7.10. The number of rotatable bonds is 6. The van der Waals surface area contributed by atoms with Crippen molar-refractivity contribution in [1.82, 2.24) is 19.5 Å². The Balaban J connectivity index is 1.17. The second-order valence-corrected chi connectivity index (χ2v) is 12.1. The predicted octanol–water partition coefficient (Wildman–Crippen LogP) is 11.3. The van der Waals surface area contributed by atoms with Gasteiger partial charge in [0.25, 0.3) is 0 Å². The molecule has 4 heterocycles. The second-order valence-electron chi connectivity index (χ2n) is 12.1. The molecule has 0 bridgehead atoms. The van der Waals surface area contributed by atoms with Crippen molar-refractivity contribution in [1.29, 1.82) is 0 Å². The molecular weight excluding hydrogens is 597 g/mol. The number of hydrogen-bond donors (Lipinski definition) is 0. The third-order valence-electron chi connectivity index (χ3n) is 9.11. The van der Waals surface area contributed by atoms with Gasteiger partial charge in [0.05, 0.1) is 33.8 Å². The van der Waals surface area contributed by atoms with Gasteiger partial charge in [0.2, 0.25) is 0 Å². The van der Waals surface area contributed by atoms with Crippen LogP contribution in [0.25, 0.3) is 83.6 Å². The predicted molar refractivity (Wildman–Crippen MR) is 201 cm³/mol. The van der Waals surface area contributed by atoms with E-state index in [-0.39, 0.29) is 0 Å². The van der Waals surface area contributed by atoms with Gasteiger partial charge in [-0.25, -0.2) is 4.98 Å². The monoisotopic (exact) mass is 626 g/mol. The van der Waals surface area contributed by atoms with Gasteiger partial charge in [0.1, 0.15) is 0 Å². The average Bonchev–Trinajstić information content (AvgIpc) is 3.53. The molecule has 0 saturated heterocycles. The molecule has 0 aliphatic heterocycles. The zero-order valence-electron chi connectivity index (χ0n) is 26.6. The van der Waals surface area contributed by atoms with E-state index in [0.29, 0.717) is 0 Å². The maximum absolute atomic E-state index is 5.07. The molecule has 9 aromatic rings. The maximum Gasteiger partial charge on any atom is 0.0899 e. The Labute approximate surface area is 284 Å². The maximum atomic E-state index is 5.07. The number of fused-ring (bicyclic) bond motifs is 3. The summed E-state index contributed by atoms with van der Waals surface area (Å²) in [5.74, 6) is 0. The summed E-state index contributed by atoms with van der Waals surface area (Å²) in [6.45, 7) is 0. The van der Waals surface area contributed by atoms with Gasteiger partial charge in [-0.05, 0) is 76.9 Å². The van der Waals surface area contributed by atoms with Gasteiger partial charge in [0.15, 0.2) is 0 Å². The number of benzene rings is 5. The van der Waals surface area contributed by atoms with Crippen molar-refractivity contribution >= 4 is 21.8 Å². The second kappa shape index (κ2) is 12.2. The molecule has 0 spiro atoms. The van der Waals surface area contributed by atoms with Crippen molar-refractivity contribution in [2.24, 2.45) is 0 Å². The van der Waals surface area contributed by atoms with Gasteiger partial charge >= 0.3 is 0 Å². The van der Waals surface area contributed by atoms with Crippen molar-refractivity contribution in [3.63, 3.8) is 0 Å². The summed E-state index contributed by atoms with van der Waals surface area (Å²) in [5, 5.41) is 2.32. The minimum Gasteiger partial charge on any atom is -0.309 e. The van der Waals surface area contributed by atoms with Gasteiger partial charge in [-0.1, -0.05) is 115 Å². The molecule has 4 heteroatoms. The van der Waals surface area contributed by atoms with Crippen molar-refractivity contribution in [2.75, 3.05) is 0 Å². The molecule has 0 atom stereocenters. The van der Waals surface area contributed by atoms with E-state index in [4.69, 9.17) is 9.97 Å². The Hall–Kier alpha value is -6.65. The fourth-order valence-corrected chi connectivity index (χ4v) is 6.77. The van der Waals surface area contributed by atoms with Crippen molar-refractivity contribution in [2.45, 2.75) is 0 Å². The number of pyridine rings is 3. The van der Waals surface area contributed by atoms with Crippen molar-refractivity contribution in [3.8, 4) is 61.8 Å². The third kappa shape index (κ3) is 5.26. The number of para-hydroxylation sites is 1. The summed E-state index contributed by atoms with van der Waals surface area (Å²) >= 11 is 0. The molecule has 4 aromatic heterocycles. The van der Waals surface area contributed by atoms with E-state index in [9.17, 15) is 0 Å². The molecule has 9 rings (SSSR count). The van der Waals surface area contributed by atoms with Crippen LogP contribution in [-0.4, -0.2) is 19.5 Å². The normalized spacial score (nSPS) is 11.3. The minimum absolute atomic E-state index is 0.851. The van der Waals surface area contributed by atoms with Gasteiger partial charge in [0, 0.05) is 40.0 Å². The molecular formula is C45H30N4. The molecule has 0 N–H and O–H groups in total. The zero-order chi connectivity index (χ0) is 32.6. The molecule has 0 saturated carbocycles. The van der Waals surface area contributed by atoms with E-state index in [0.717, 1.165) is 78.3 Å². The van der Waals surface area contributed by atoms with Gasteiger partial charge in [-0.2, -0.15) is 0 Å². The van der Waals surface area contributed by atoms with E-state index in [2.05, 4.69) is 149 Å². The lowest BCUT2D eigenvalue weighted by Gasteiger charge is -2.11. The van der Waals surface area contributed by atoms with Crippen LogP contribution in [0.5, 0.6) is 0 Å². The number of hydrogen-bond acceptors (Lipinski definition) is 3. The standard InChI is InChI=1S/C45H30N4/c1-4-12-31(13-5-1)36-29-40(48-41(30-36)39-18-10-11-26-46-39)33-21-19-32(20-22-33)35-23-24-42-38(28-35)44-43(49(42)37-16-8-3-9-17-37)25-27-47-45(44)34-14-6-2-7-15-34/h1-30H. The van der Waals surface area contributed by atoms with Crippen molar-refractivity contribution in [3.05, 3.63) is 182 Å². The first-order chi connectivity index (χ1) is 24.3. The highest BCUT2D eigenvalue weighted by Gasteiger charge is 2.18. The summed E-state index contributed by atoms with van der Waals surface area (Å²) in [4.78, 5) is 14.6. The van der Waals surface area contributed by atoms with Crippen LogP contribution >= 0.6 is 0 Å². The molecule has 0 aliphatic rings. The highest BCUT2D eigenvalue weighted by Crippen LogP contribution is 2.39. The summed E-state index contributed by atoms with van der Waals surface area (Å²) in [6, 6.07) is 59.3. The molecule has 49 heavy (non-hydrogen) atoms. The average molecular weight is 627 g/mol. The van der Waals surface area contributed by atoms with E-state index in [1.807, 2.05) is 42.7 Å². The highest BCUT2D eigenvalue weighted by molar-refractivity contribution is 6.15. The van der Waals surface area contributed by atoms with Gasteiger partial charge in [-0.15, -0.1) is 0 Å². The third-order valence-corrected chi connectivity index (χ3v) is 9.11. The van der Waals surface area contributed by atoms with E-state index < -0.39 is 0 Å². The lowest BCUT2D eigenvalue weighted by molar-refractivity contribution is 1.17. The first-order valence-electron chi connectivity index (χ1n) is 16.4. The van der Waals surface area contributed by atoms with Crippen LogP contribution in [0.15, 0.2) is 182 Å². The minimum atomic E-state index is 0.851. The molecule has 0 radical (unpaired) electrons. The molecule has 4 nitrogen and oxygen atoms in total. The fourth-order valence-electron chi connectivity index (χ4n) is 6.77. The zero-order valence-corrected chi connectivity index (χ0v) is 26.6. The molecule has 0 aliphatic carbocycles. The SMILES string of the molecule is c1ccc(-c2cc(-c3ccc(-c4ccc5c(c4)c4c(-c6ccccc6)nccc4n5-c4ccccc4)cc3)nc(-c3ccccn3)c2)cc1. The molecule has 5 aromatic carbocycles. The Morgan fingerprint density at radius 2 is 1.00 bits per heavy atom. The van der Waals surface area contributed by atoms with E-state index in [1.165, 1.54) is 5.39 Å². The van der Waals surface area contributed by atoms with Crippen LogP contribution in [0.3, 0.4) is 0 Å². The molecule has 230 valence electrons. The van der Waals surface area contributed by atoms with Crippen LogP contribution in [0.1, 0.15) is 0 Å². The first kappa shape index (κ1) is 28.6. The summed E-state index contributed by atoms with van der Waals surface area (Å²) in [7, 11) is 0. The molecule has 0 unspecified atom stereocenters. The topological polar surface area (TPSA) is 43.6 Å². The Bertz CT molecular complexity index is 2500. The van der Waals surface area contributed by atoms with Crippen LogP contribution in [0.2, 0.25) is 0 Å². The van der Waals surface area contributed by atoms with Crippen LogP contribution in [-0.2, 0) is 0 Å². The largest absolute Gasteiger partial charge is 0.309 e. The lowest BCUT2D eigenvalue weighted by atomic mass is 9.98. The Morgan fingerprint density at radius 1 is 0.367 bits per heavy atom. The van der Waals surface area contributed by atoms with Gasteiger partial charge < -0.3 is 4.57 Å². The first-order valence-corrected chi connectivity index (χ1v) is 16.4. The fraction of sp³-hybridized carbons (Fsp3) is 0. The van der Waals surface area contributed by atoms with Gasteiger partial charge in [-0.3, -0.25) is 9.97 Å². The summed E-state index contributed by atoms with van der Waals surface area (Å²) in [6.07, 6.45) is 3.73. The highest BCUT2D eigenvalue weighted by atomic mass is 15.0. The van der Waals surface area contributed by atoms with E-state index in [1.54, 1.807) is 0 Å². The van der Waals surface area contributed by atoms with E-state index >= 15 is 0 Å². The molecule has 0 amide bonds. The van der Waals surface area contributed by atoms with Crippen molar-refractivity contribution < 1.29 is 0 Å².